The Balaban J connectivity index is 2.16. The third-order valence-corrected chi connectivity index (χ3v) is 5.69. The van der Waals surface area contributed by atoms with E-state index >= 15 is 0 Å². The standard InChI is InChI=1S/C12H14Cl2N2O3S/c1-16(7-11(17)15-8-5-6-8)20(18,19)10-4-2-3-9(13)12(10)14/h2-4,8H,5-7H2,1H3,(H,15,17). The van der Waals surface area contributed by atoms with E-state index in [2.05, 4.69) is 5.32 Å². The lowest BCUT2D eigenvalue weighted by atomic mass is 10.4. The Labute approximate surface area is 127 Å². The van der Waals surface area contributed by atoms with E-state index in [9.17, 15) is 13.2 Å². The van der Waals surface area contributed by atoms with E-state index in [-0.39, 0.29) is 33.4 Å². The van der Waals surface area contributed by atoms with Crippen LogP contribution in [0.3, 0.4) is 0 Å². The van der Waals surface area contributed by atoms with E-state index < -0.39 is 10.0 Å². The number of sulfonamides is 1. The predicted octanol–water partition coefficient (Wildman–Crippen LogP) is 1.89. The molecule has 1 N–H and O–H groups in total. The minimum atomic E-state index is -3.85. The molecule has 0 heterocycles. The number of halogens is 2. The number of hydrogen-bond donors (Lipinski definition) is 1. The summed E-state index contributed by atoms with van der Waals surface area (Å²) in [7, 11) is -2.51. The van der Waals surface area contributed by atoms with Gasteiger partial charge < -0.3 is 5.32 Å². The molecule has 0 aliphatic heterocycles. The van der Waals surface area contributed by atoms with Crippen molar-refractivity contribution in [3.8, 4) is 0 Å². The SMILES string of the molecule is CN(CC(=O)NC1CC1)S(=O)(=O)c1cccc(Cl)c1Cl. The van der Waals surface area contributed by atoms with Crippen molar-refractivity contribution in [1.82, 2.24) is 9.62 Å². The second-order valence-corrected chi connectivity index (χ2v) is 7.45. The summed E-state index contributed by atoms with van der Waals surface area (Å²) in [5, 5.41) is 2.85. The lowest BCUT2D eigenvalue weighted by Gasteiger charge is -2.17. The molecule has 110 valence electrons. The van der Waals surface area contributed by atoms with Crippen LogP contribution in [-0.2, 0) is 14.8 Å². The van der Waals surface area contributed by atoms with Crippen LogP contribution in [0.15, 0.2) is 23.1 Å². The fourth-order valence-corrected chi connectivity index (χ4v) is 3.50. The third-order valence-electron chi connectivity index (χ3n) is 2.91. The maximum Gasteiger partial charge on any atom is 0.244 e. The van der Waals surface area contributed by atoms with Gasteiger partial charge in [0.1, 0.15) is 4.90 Å². The van der Waals surface area contributed by atoms with Gasteiger partial charge in [-0.1, -0.05) is 29.3 Å². The Morgan fingerprint density at radius 1 is 1.40 bits per heavy atom. The highest BCUT2D eigenvalue weighted by Gasteiger charge is 2.28. The minimum Gasteiger partial charge on any atom is -0.352 e. The molecule has 1 aliphatic carbocycles. The fraction of sp³-hybridized carbons (Fsp3) is 0.417. The zero-order valence-electron chi connectivity index (χ0n) is 10.8. The fourth-order valence-electron chi connectivity index (χ4n) is 1.64. The lowest BCUT2D eigenvalue weighted by Crippen LogP contribution is -2.39. The summed E-state index contributed by atoms with van der Waals surface area (Å²) in [5.41, 5.74) is 0. The minimum absolute atomic E-state index is 0.0383. The van der Waals surface area contributed by atoms with E-state index in [1.165, 1.54) is 25.2 Å². The zero-order valence-corrected chi connectivity index (χ0v) is 13.1. The van der Waals surface area contributed by atoms with Crippen LogP contribution in [0.1, 0.15) is 12.8 Å². The Hall–Kier alpha value is -0.820. The van der Waals surface area contributed by atoms with Crippen LogP contribution < -0.4 is 5.32 Å². The largest absolute Gasteiger partial charge is 0.352 e. The van der Waals surface area contributed by atoms with Crippen LogP contribution in [0.2, 0.25) is 10.0 Å². The first-order chi connectivity index (χ1) is 9.32. The molecular weight excluding hydrogens is 323 g/mol. The van der Waals surface area contributed by atoms with Gasteiger partial charge in [-0.25, -0.2) is 8.42 Å². The first-order valence-corrected chi connectivity index (χ1v) is 8.21. The Morgan fingerprint density at radius 3 is 2.65 bits per heavy atom. The van der Waals surface area contributed by atoms with Gasteiger partial charge >= 0.3 is 0 Å². The Morgan fingerprint density at radius 2 is 2.05 bits per heavy atom. The smallest absolute Gasteiger partial charge is 0.244 e. The molecule has 0 spiro atoms. The molecule has 20 heavy (non-hydrogen) atoms. The molecule has 1 aliphatic rings. The summed E-state index contributed by atoms with van der Waals surface area (Å²) in [6, 6.07) is 4.55. The van der Waals surface area contributed by atoms with Crippen LogP contribution in [0.25, 0.3) is 0 Å². The lowest BCUT2D eigenvalue weighted by molar-refractivity contribution is -0.121. The normalized spacial score (nSPS) is 15.4. The molecule has 5 nitrogen and oxygen atoms in total. The molecule has 8 heteroatoms. The number of carbonyl (C=O) groups excluding carboxylic acids is 1. The Kier molecular flexibility index (Phi) is 4.59. The predicted molar refractivity (Wildman–Crippen MR) is 77.4 cm³/mol. The molecular formula is C12H14Cl2N2O3S. The maximum atomic E-state index is 12.3. The van der Waals surface area contributed by atoms with E-state index in [4.69, 9.17) is 23.2 Å². The molecule has 0 saturated heterocycles. The number of hydrogen-bond acceptors (Lipinski definition) is 3. The van der Waals surface area contributed by atoms with Crippen molar-refractivity contribution in [1.29, 1.82) is 0 Å². The molecule has 0 unspecified atom stereocenters. The highest BCUT2D eigenvalue weighted by Crippen LogP contribution is 2.30. The molecule has 0 bridgehead atoms. The van der Waals surface area contributed by atoms with E-state index in [0.717, 1.165) is 17.1 Å². The number of benzene rings is 1. The van der Waals surface area contributed by atoms with Crippen LogP contribution in [0.4, 0.5) is 0 Å². The van der Waals surface area contributed by atoms with Gasteiger partial charge in [-0.3, -0.25) is 4.79 Å². The van der Waals surface area contributed by atoms with Crippen LogP contribution in [0, 0.1) is 0 Å². The first-order valence-electron chi connectivity index (χ1n) is 6.02. The van der Waals surface area contributed by atoms with Gasteiger partial charge in [0.15, 0.2) is 0 Å². The topological polar surface area (TPSA) is 66.5 Å². The van der Waals surface area contributed by atoms with Gasteiger partial charge in [0, 0.05) is 13.1 Å². The second kappa shape index (κ2) is 5.89. The van der Waals surface area contributed by atoms with Gasteiger partial charge in [-0.05, 0) is 25.0 Å². The zero-order chi connectivity index (χ0) is 14.9. The summed E-state index contributed by atoms with van der Waals surface area (Å²) < 4.78 is 25.7. The van der Waals surface area contributed by atoms with Crippen LogP contribution in [0.5, 0.6) is 0 Å². The van der Waals surface area contributed by atoms with Crippen molar-refractivity contribution in [3.63, 3.8) is 0 Å². The van der Waals surface area contributed by atoms with Crippen LogP contribution in [-0.4, -0.2) is 38.3 Å². The molecule has 2 rings (SSSR count). The van der Waals surface area contributed by atoms with Gasteiger partial charge in [-0.15, -0.1) is 0 Å². The monoisotopic (exact) mass is 336 g/mol. The maximum absolute atomic E-state index is 12.3. The molecule has 0 aromatic heterocycles. The van der Waals surface area contributed by atoms with Gasteiger partial charge in [0.05, 0.1) is 16.6 Å². The highest BCUT2D eigenvalue weighted by atomic mass is 35.5. The quantitative estimate of drug-likeness (QED) is 0.892. The number of nitrogens with one attached hydrogen (secondary N) is 1. The first kappa shape index (κ1) is 15.6. The molecule has 1 fully saturated rings. The molecule has 0 radical (unpaired) electrons. The number of amides is 1. The van der Waals surface area contributed by atoms with E-state index in [1.807, 2.05) is 0 Å². The third kappa shape index (κ3) is 3.44. The summed E-state index contributed by atoms with van der Waals surface area (Å²) in [6.07, 6.45) is 1.89. The van der Waals surface area contributed by atoms with Crippen molar-refractivity contribution in [2.75, 3.05) is 13.6 Å². The number of likely N-dealkylation sites (N-methyl/N-ethyl adjacent to an activating group) is 1. The van der Waals surface area contributed by atoms with Gasteiger partial charge in [-0.2, -0.15) is 4.31 Å². The number of carbonyl (C=O) groups is 1. The van der Waals surface area contributed by atoms with Gasteiger partial charge in [0.2, 0.25) is 15.9 Å². The van der Waals surface area contributed by atoms with Crippen molar-refractivity contribution < 1.29 is 13.2 Å². The molecule has 1 saturated carbocycles. The van der Waals surface area contributed by atoms with Gasteiger partial charge in [0.25, 0.3) is 0 Å². The average Bonchev–Trinajstić information content (AvgIpc) is 3.16. The van der Waals surface area contributed by atoms with E-state index in [0.29, 0.717) is 0 Å². The van der Waals surface area contributed by atoms with Crippen molar-refractivity contribution in [3.05, 3.63) is 28.2 Å². The summed E-state index contributed by atoms with van der Waals surface area (Å²) in [6.45, 7) is -0.248. The summed E-state index contributed by atoms with van der Waals surface area (Å²) in [4.78, 5) is 11.6. The van der Waals surface area contributed by atoms with E-state index in [1.54, 1.807) is 0 Å². The molecule has 1 amide bonds. The molecule has 1 aromatic carbocycles. The van der Waals surface area contributed by atoms with Crippen molar-refractivity contribution >= 4 is 39.1 Å². The summed E-state index contributed by atoms with van der Waals surface area (Å²) >= 11 is 11.7. The average molecular weight is 337 g/mol. The van der Waals surface area contributed by atoms with Crippen molar-refractivity contribution in [2.45, 2.75) is 23.8 Å². The number of rotatable bonds is 5. The highest BCUT2D eigenvalue weighted by molar-refractivity contribution is 7.89. The molecule has 1 aromatic rings. The van der Waals surface area contributed by atoms with Crippen LogP contribution >= 0.6 is 23.2 Å². The number of nitrogens with zero attached hydrogens (tertiary/aromatic N) is 1. The Bertz CT molecular complexity index is 630. The summed E-state index contributed by atoms with van der Waals surface area (Å²) in [5.74, 6) is -0.322. The second-order valence-electron chi connectivity index (χ2n) is 4.65. The van der Waals surface area contributed by atoms with Crippen molar-refractivity contribution in [2.24, 2.45) is 0 Å². The molecule has 0 atom stereocenters.